The van der Waals surface area contributed by atoms with E-state index < -0.39 is 0 Å². The minimum Gasteiger partial charge on any atom is -0.246 e. The fourth-order valence-electron chi connectivity index (χ4n) is 3.69. The molecule has 5 rings (SSSR count). The molecule has 0 spiro atoms. The van der Waals surface area contributed by atoms with E-state index >= 15 is 0 Å². The second-order valence-corrected chi connectivity index (χ2v) is 12.2. The normalized spacial score (nSPS) is 13.7. The van der Waals surface area contributed by atoms with Crippen LogP contribution in [0, 0.1) is 0 Å². The minimum absolute atomic E-state index is 0.0579. The van der Waals surface area contributed by atoms with Crippen LogP contribution in [-0.2, 0) is 10.8 Å². The standard InChI is InChI=1S/C26H26N4S2/c1-25(2,3)21-19-13-9-15-8-12-18(28-15)24-30-22(26(4,5)6)20(32-24)14-10-16-7-11-17(27-16)23(29-21)31-19/h7-14H,1-6H3. The summed E-state index contributed by atoms with van der Waals surface area (Å²) < 4.78 is 2.30. The Kier molecular flexibility index (Phi) is 4.91. The van der Waals surface area contributed by atoms with Gasteiger partial charge >= 0.3 is 0 Å². The number of rotatable bonds is 0. The summed E-state index contributed by atoms with van der Waals surface area (Å²) in [6.45, 7) is 13.2. The zero-order valence-electron chi connectivity index (χ0n) is 19.2. The minimum atomic E-state index is -0.0579. The first-order chi connectivity index (χ1) is 15.1. The van der Waals surface area contributed by atoms with Crippen LogP contribution in [0.4, 0.5) is 0 Å². The van der Waals surface area contributed by atoms with Gasteiger partial charge in [-0.1, -0.05) is 41.5 Å². The number of hydrogen-bond acceptors (Lipinski definition) is 6. The van der Waals surface area contributed by atoms with Crippen LogP contribution in [0.2, 0.25) is 0 Å². The smallest absolute Gasteiger partial charge is 0.142 e. The van der Waals surface area contributed by atoms with Gasteiger partial charge in [0.15, 0.2) is 0 Å². The summed E-state index contributed by atoms with van der Waals surface area (Å²) >= 11 is 3.37. The molecule has 5 heterocycles. The van der Waals surface area contributed by atoms with Crippen molar-refractivity contribution in [1.29, 1.82) is 0 Å². The first-order valence-corrected chi connectivity index (χ1v) is 12.4. The summed E-state index contributed by atoms with van der Waals surface area (Å²) in [5.74, 6) is 0. The van der Waals surface area contributed by atoms with Crippen molar-refractivity contribution >= 4 is 66.0 Å². The third-order valence-corrected chi connectivity index (χ3v) is 7.39. The molecule has 32 heavy (non-hydrogen) atoms. The number of thiazole rings is 2. The zero-order valence-corrected chi connectivity index (χ0v) is 20.9. The molecular formula is C26H26N4S2. The van der Waals surface area contributed by atoms with Crippen LogP contribution >= 0.6 is 22.7 Å². The molecule has 0 radical (unpaired) electrons. The molecule has 0 N–H and O–H groups in total. The molecule has 0 atom stereocenters. The molecule has 0 aliphatic carbocycles. The van der Waals surface area contributed by atoms with E-state index in [-0.39, 0.29) is 10.8 Å². The van der Waals surface area contributed by atoms with Crippen molar-refractivity contribution < 1.29 is 0 Å². The Morgan fingerprint density at radius 3 is 1.31 bits per heavy atom. The molecule has 0 saturated heterocycles. The van der Waals surface area contributed by atoms with Crippen LogP contribution in [0.25, 0.3) is 43.4 Å². The Bertz CT molecular complexity index is 1330. The van der Waals surface area contributed by atoms with Gasteiger partial charge in [-0.2, -0.15) is 0 Å². The van der Waals surface area contributed by atoms with Gasteiger partial charge in [0.2, 0.25) is 0 Å². The highest BCUT2D eigenvalue weighted by Crippen LogP contribution is 2.34. The van der Waals surface area contributed by atoms with Crippen molar-refractivity contribution in [2.45, 2.75) is 52.4 Å². The lowest BCUT2D eigenvalue weighted by Gasteiger charge is -2.15. The molecular weight excluding hydrogens is 432 g/mol. The summed E-state index contributed by atoms with van der Waals surface area (Å²) in [4.78, 5) is 21.6. The fraction of sp³-hybridized carbons (Fsp3) is 0.308. The molecule has 8 bridgehead atoms. The molecule has 3 aromatic rings. The lowest BCUT2D eigenvalue weighted by molar-refractivity contribution is 0.579. The molecule has 6 heteroatoms. The number of fused-ring (bicyclic) bond motifs is 10. The van der Waals surface area contributed by atoms with Gasteiger partial charge in [-0.3, -0.25) is 0 Å². The van der Waals surface area contributed by atoms with Gasteiger partial charge < -0.3 is 0 Å². The molecule has 0 amide bonds. The van der Waals surface area contributed by atoms with Crippen LogP contribution in [0.5, 0.6) is 0 Å². The summed E-state index contributed by atoms with van der Waals surface area (Å²) in [5.41, 5.74) is 5.76. The van der Waals surface area contributed by atoms with Crippen LogP contribution in [-0.4, -0.2) is 19.9 Å². The average molecular weight is 459 g/mol. The van der Waals surface area contributed by atoms with Crippen molar-refractivity contribution in [3.05, 3.63) is 58.4 Å². The van der Waals surface area contributed by atoms with E-state index in [9.17, 15) is 0 Å². The summed E-state index contributed by atoms with van der Waals surface area (Å²) in [6.07, 6.45) is 8.23. The first-order valence-electron chi connectivity index (χ1n) is 10.7. The van der Waals surface area contributed by atoms with Crippen LogP contribution in [0.3, 0.4) is 0 Å². The number of hydrogen-bond donors (Lipinski definition) is 0. The Balaban J connectivity index is 1.87. The molecule has 0 unspecified atom stereocenters. The fourth-order valence-corrected chi connectivity index (χ4v) is 5.98. The van der Waals surface area contributed by atoms with Crippen LogP contribution in [0.1, 0.15) is 75.7 Å². The first kappa shape index (κ1) is 21.2. The molecule has 4 nitrogen and oxygen atoms in total. The third-order valence-electron chi connectivity index (χ3n) is 5.30. The van der Waals surface area contributed by atoms with E-state index in [1.54, 1.807) is 22.7 Å². The molecule has 3 aromatic heterocycles. The van der Waals surface area contributed by atoms with E-state index in [0.717, 1.165) is 53.2 Å². The summed E-state index contributed by atoms with van der Waals surface area (Å²) in [6, 6.07) is 8.42. The van der Waals surface area contributed by atoms with Crippen LogP contribution in [0.15, 0.2) is 24.3 Å². The van der Waals surface area contributed by atoms with Crippen LogP contribution < -0.4 is 0 Å². The Morgan fingerprint density at radius 2 is 0.938 bits per heavy atom. The molecule has 2 aliphatic rings. The van der Waals surface area contributed by atoms with E-state index in [1.807, 2.05) is 0 Å². The Labute approximate surface area is 196 Å². The maximum Gasteiger partial charge on any atom is 0.142 e. The van der Waals surface area contributed by atoms with E-state index in [0.29, 0.717) is 0 Å². The second-order valence-electron chi connectivity index (χ2n) is 10.1. The largest absolute Gasteiger partial charge is 0.246 e. The second kappa shape index (κ2) is 7.42. The SMILES string of the molecule is CC(C)(C)c1nc2sc1ccc1nc(c3nc(C(C)(C)C)c(ccc4nc2C=C4)s3)C=C1. The zero-order chi connectivity index (χ0) is 22.7. The highest BCUT2D eigenvalue weighted by Gasteiger charge is 2.22. The summed E-state index contributed by atoms with van der Waals surface area (Å²) in [7, 11) is 0. The monoisotopic (exact) mass is 458 g/mol. The van der Waals surface area contributed by atoms with Gasteiger partial charge in [-0.05, 0) is 48.6 Å². The van der Waals surface area contributed by atoms with Gasteiger partial charge in [0.1, 0.15) is 9.66 Å². The molecule has 2 aliphatic heterocycles. The van der Waals surface area contributed by atoms with Gasteiger partial charge in [0.05, 0.1) is 43.6 Å². The molecule has 0 saturated carbocycles. The van der Waals surface area contributed by atoms with Crippen molar-refractivity contribution in [3.63, 3.8) is 0 Å². The molecule has 0 fully saturated rings. The quantitative estimate of drug-likeness (QED) is 0.241. The van der Waals surface area contributed by atoms with Gasteiger partial charge in [-0.15, -0.1) is 22.7 Å². The molecule has 0 aromatic carbocycles. The molecule has 162 valence electrons. The average Bonchev–Trinajstić information content (AvgIpc) is 3.48. The number of nitrogens with zero attached hydrogens (tertiary/aromatic N) is 4. The van der Waals surface area contributed by atoms with E-state index in [2.05, 4.69) is 90.1 Å². The lowest BCUT2D eigenvalue weighted by Crippen LogP contribution is -2.11. The third kappa shape index (κ3) is 3.93. The Hall–Kier alpha value is -2.70. The van der Waals surface area contributed by atoms with E-state index in [4.69, 9.17) is 19.9 Å². The maximum atomic E-state index is 4.99. The van der Waals surface area contributed by atoms with Gasteiger partial charge in [0.25, 0.3) is 0 Å². The highest BCUT2D eigenvalue weighted by molar-refractivity contribution is 7.23. The number of aromatic nitrogens is 4. The van der Waals surface area contributed by atoms with E-state index in [1.165, 1.54) is 0 Å². The predicted octanol–water partition coefficient (Wildman–Crippen LogP) is 7.51. The predicted molar refractivity (Wildman–Crippen MR) is 139 cm³/mol. The van der Waals surface area contributed by atoms with Gasteiger partial charge in [0, 0.05) is 10.8 Å². The van der Waals surface area contributed by atoms with Crippen molar-refractivity contribution in [3.8, 4) is 0 Å². The lowest BCUT2D eigenvalue weighted by atomic mass is 9.92. The van der Waals surface area contributed by atoms with Crippen molar-refractivity contribution in [2.75, 3.05) is 0 Å². The van der Waals surface area contributed by atoms with Crippen molar-refractivity contribution in [2.24, 2.45) is 0 Å². The highest BCUT2D eigenvalue weighted by atomic mass is 32.1. The van der Waals surface area contributed by atoms with Crippen molar-refractivity contribution in [1.82, 2.24) is 19.9 Å². The topological polar surface area (TPSA) is 51.6 Å². The maximum absolute atomic E-state index is 4.99. The summed E-state index contributed by atoms with van der Waals surface area (Å²) in [5, 5.41) is 0. The Morgan fingerprint density at radius 1 is 0.531 bits per heavy atom. The van der Waals surface area contributed by atoms with Gasteiger partial charge in [-0.25, -0.2) is 19.9 Å².